The van der Waals surface area contributed by atoms with Crippen LogP contribution >= 0.6 is 0 Å². The number of rotatable bonds is 7. The fourth-order valence-corrected chi connectivity index (χ4v) is 2.55. The van der Waals surface area contributed by atoms with Gasteiger partial charge in [0.05, 0.1) is 6.54 Å². The highest BCUT2D eigenvalue weighted by atomic mass is 16.1. The van der Waals surface area contributed by atoms with Crippen LogP contribution in [0.4, 0.5) is 0 Å². The van der Waals surface area contributed by atoms with E-state index < -0.39 is 0 Å². The van der Waals surface area contributed by atoms with Crippen LogP contribution < -0.4 is 5.32 Å². The quantitative estimate of drug-likeness (QED) is 0.594. The second kappa shape index (κ2) is 5.70. The molecule has 0 amide bonds. The van der Waals surface area contributed by atoms with Crippen molar-refractivity contribution in [3.63, 3.8) is 0 Å². The minimum absolute atomic E-state index is 0.228. The number of nitrogens with zero attached hydrogens (tertiary/aromatic N) is 1. The average Bonchev–Trinajstić information content (AvgIpc) is 3.11. The second-order valence-corrected chi connectivity index (χ2v) is 5.34. The number of aryl methyl sites for hydroxylation is 1. The molecule has 1 aliphatic rings. The molecule has 1 aromatic rings. The van der Waals surface area contributed by atoms with Crippen LogP contribution in [-0.2, 0) is 0 Å². The monoisotopic (exact) mass is 248 g/mol. The fourth-order valence-electron chi connectivity index (χ4n) is 2.55. The van der Waals surface area contributed by atoms with Gasteiger partial charge in [0.15, 0.2) is 5.78 Å². The van der Waals surface area contributed by atoms with Crippen LogP contribution in [0.15, 0.2) is 6.07 Å². The molecule has 18 heavy (non-hydrogen) atoms. The number of carbonyl (C=O) groups excluding carboxylic acids is 1. The first kappa shape index (κ1) is 13.3. The molecule has 0 saturated heterocycles. The predicted molar refractivity (Wildman–Crippen MR) is 74.3 cm³/mol. The van der Waals surface area contributed by atoms with Crippen molar-refractivity contribution in [1.29, 1.82) is 0 Å². The number of hydrogen-bond donors (Lipinski definition) is 1. The van der Waals surface area contributed by atoms with E-state index in [9.17, 15) is 4.79 Å². The summed E-state index contributed by atoms with van der Waals surface area (Å²) in [6.45, 7) is 7.74. The highest BCUT2D eigenvalue weighted by Crippen LogP contribution is 2.38. The van der Waals surface area contributed by atoms with Crippen molar-refractivity contribution in [2.24, 2.45) is 0 Å². The summed E-state index contributed by atoms with van der Waals surface area (Å²) in [4.78, 5) is 12.2. The molecule has 3 nitrogen and oxygen atoms in total. The molecular weight excluding hydrogens is 224 g/mol. The van der Waals surface area contributed by atoms with Crippen LogP contribution in [0.5, 0.6) is 0 Å². The summed E-state index contributed by atoms with van der Waals surface area (Å²) in [6, 6.07) is 2.71. The summed E-state index contributed by atoms with van der Waals surface area (Å²) in [5.41, 5.74) is 3.28. The molecule has 0 aromatic carbocycles. The van der Waals surface area contributed by atoms with Crippen molar-refractivity contribution < 1.29 is 4.79 Å². The Morgan fingerprint density at radius 2 is 2.17 bits per heavy atom. The van der Waals surface area contributed by atoms with Crippen molar-refractivity contribution >= 4 is 5.78 Å². The maximum atomic E-state index is 12.2. The van der Waals surface area contributed by atoms with Gasteiger partial charge in [0, 0.05) is 23.0 Å². The van der Waals surface area contributed by atoms with Gasteiger partial charge < -0.3 is 9.88 Å². The number of ketones is 1. The van der Waals surface area contributed by atoms with E-state index in [2.05, 4.69) is 36.7 Å². The molecule has 1 fully saturated rings. The third-order valence-electron chi connectivity index (χ3n) is 3.69. The standard InChI is InChI=1S/C15H24N2O/c1-4-5-8-16-10-15(18)14-9-11(2)17(12(14)3)13-6-7-13/h9,13,16H,4-8,10H2,1-3H3. The molecule has 0 bridgehead atoms. The molecule has 0 unspecified atom stereocenters. The summed E-state index contributed by atoms with van der Waals surface area (Å²) in [6.07, 6.45) is 4.82. The first-order valence-electron chi connectivity index (χ1n) is 7.07. The SMILES string of the molecule is CCCCNCC(=O)c1cc(C)n(C2CC2)c1C. The van der Waals surface area contributed by atoms with Crippen LogP contribution in [0.2, 0.25) is 0 Å². The van der Waals surface area contributed by atoms with Crippen LogP contribution in [0.1, 0.15) is 60.4 Å². The Balaban J connectivity index is 1.99. The van der Waals surface area contributed by atoms with Gasteiger partial charge in [-0.05, 0) is 45.7 Å². The minimum Gasteiger partial charge on any atom is -0.345 e. The molecule has 1 N–H and O–H groups in total. The first-order chi connectivity index (χ1) is 8.65. The topological polar surface area (TPSA) is 34.0 Å². The lowest BCUT2D eigenvalue weighted by Crippen LogP contribution is -2.24. The molecule has 1 heterocycles. The largest absolute Gasteiger partial charge is 0.345 e. The Morgan fingerprint density at radius 3 is 2.78 bits per heavy atom. The number of hydrogen-bond acceptors (Lipinski definition) is 2. The van der Waals surface area contributed by atoms with E-state index in [1.165, 1.54) is 18.5 Å². The summed E-state index contributed by atoms with van der Waals surface area (Å²) in [5, 5.41) is 3.23. The summed E-state index contributed by atoms with van der Waals surface area (Å²) in [7, 11) is 0. The summed E-state index contributed by atoms with van der Waals surface area (Å²) >= 11 is 0. The van der Waals surface area contributed by atoms with Gasteiger partial charge >= 0.3 is 0 Å². The molecule has 2 rings (SSSR count). The highest BCUT2D eigenvalue weighted by molar-refractivity contribution is 5.99. The van der Waals surface area contributed by atoms with Crippen LogP contribution in [-0.4, -0.2) is 23.4 Å². The summed E-state index contributed by atoms with van der Waals surface area (Å²) in [5.74, 6) is 0.228. The molecule has 100 valence electrons. The predicted octanol–water partition coefficient (Wildman–Crippen LogP) is 3.01. The van der Waals surface area contributed by atoms with Gasteiger partial charge in [-0.25, -0.2) is 0 Å². The van der Waals surface area contributed by atoms with Crippen molar-refractivity contribution in [3.05, 3.63) is 23.0 Å². The van der Waals surface area contributed by atoms with Crippen molar-refractivity contribution in [1.82, 2.24) is 9.88 Å². The lowest BCUT2D eigenvalue weighted by atomic mass is 10.1. The molecule has 0 radical (unpaired) electrons. The molecular formula is C15H24N2O. The molecule has 0 atom stereocenters. The van der Waals surface area contributed by atoms with Crippen molar-refractivity contribution in [2.75, 3.05) is 13.1 Å². The van der Waals surface area contributed by atoms with Gasteiger partial charge in [-0.2, -0.15) is 0 Å². The number of Topliss-reactive ketones (excluding diaryl/α,β-unsaturated/α-hetero) is 1. The Kier molecular flexibility index (Phi) is 4.23. The van der Waals surface area contributed by atoms with Crippen LogP contribution in [0, 0.1) is 13.8 Å². The first-order valence-corrected chi connectivity index (χ1v) is 7.07. The number of carbonyl (C=O) groups is 1. The van der Waals surface area contributed by atoms with E-state index in [1.807, 2.05) is 0 Å². The number of aromatic nitrogens is 1. The maximum Gasteiger partial charge on any atom is 0.178 e. The van der Waals surface area contributed by atoms with E-state index >= 15 is 0 Å². The highest BCUT2D eigenvalue weighted by Gasteiger charge is 2.28. The maximum absolute atomic E-state index is 12.2. The number of nitrogens with one attached hydrogen (secondary N) is 1. The van der Waals surface area contributed by atoms with E-state index in [0.29, 0.717) is 12.6 Å². The average molecular weight is 248 g/mol. The van der Waals surface area contributed by atoms with Gasteiger partial charge in [-0.1, -0.05) is 13.3 Å². The van der Waals surface area contributed by atoms with Crippen molar-refractivity contribution in [2.45, 2.75) is 52.5 Å². The third kappa shape index (κ3) is 2.83. The van der Waals surface area contributed by atoms with E-state index in [4.69, 9.17) is 0 Å². The van der Waals surface area contributed by atoms with Gasteiger partial charge in [0.1, 0.15) is 0 Å². The minimum atomic E-state index is 0.228. The molecule has 1 aromatic heterocycles. The van der Waals surface area contributed by atoms with E-state index in [1.54, 1.807) is 0 Å². The van der Waals surface area contributed by atoms with Gasteiger partial charge in [-0.15, -0.1) is 0 Å². The molecule has 0 aliphatic heterocycles. The van der Waals surface area contributed by atoms with Crippen LogP contribution in [0.3, 0.4) is 0 Å². The zero-order chi connectivity index (χ0) is 13.1. The van der Waals surface area contributed by atoms with Crippen LogP contribution in [0.25, 0.3) is 0 Å². The van der Waals surface area contributed by atoms with Gasteiger partial charge in [0.2, 0.25) is 0 Å². The fraction of sp³-hybridized carbons (Fsp3) is 0.667. The normalized spacial score (nSPS) is 15.1. The van der Waals surface area contributed by atoms with E-state index in [0.717, 1.165) is 30.6 Å². The summed E-state index contributed by atoms with van der Waals surface area (Å²) < 4.78 is 2.33. The Hall–Kier alpha value is -1.09. The molecule has 1 aliphatic carbocycles. The van der Waals surface area contributed by atoms with Gasteiger partial charge in [0.25, 0.3) is 0 Å². The Morgan fingerprint density at radius 1 is 1.44 bits per heavy atom. The molecule has 0 spiro atoms. The lowest BCUT2D eigenvalue weighted by molar-refractivity contribution is 0.0990. The lowest BCUT2D eigenvalue weighted by Gasteiger charge is -2.07. The molecule has 1 saturated carbocycles. The smallest absolute Gasteiger partial charge is 0.178 e. The third-order valence-corrected chi connectivity index (χ3v) is 3.69. The second-order valence-electron chi connectivity index (χ2n) is 5.34. The Labute approximate surface area is 110 Å². The Bertz CT molecular complexity index is 430. The van der Waals surface area contributed by atoms with Crippen molar-refractivity contribution in [3.8, 4) is 0 Å². The van der Waals surface area contributed by atoms with Gasteiger partial charge in [-0.3, -0.25) is 4.79 Å². The molecule has 3 heteroatoms. The zero-order valence-corrected chi connectivity index (χ0v) is 11.8. The zero-order valence-electron chi connectivity index (χ0n) is 11.8. The number of unbranched alkanes of at least 4 members (excludes halogenated alkanes) is 1. The van der Waals surface area contributed by atoms with E-state index in [-0.39, 0.29) is 5.78 Å².